The lowest BCUT2D eigenvalue weighted by Crippen LogP contribution is -2.47. The second-order valence-electron chi connectivity index (χ2n) is 17.0. The van der Waals surface area contributed by atoms with E-state index in [4.69, 9.17) is 29.4 Å². The Labute approximate surface area is 359 Å². The number of aromatic nitrogens is 8. The molecule has 6 aromatic rings. The maximum atomic E-state index is 5.38. The number of hydrogen-bond donors (Lipinski definition) is 5. The minimum absolute atomic E-state index is 0.0322. The van der Waals surface area contributed by atoms with Gasteiger partial charge in [0.2, 0.25) is 11.9 Å². The van der Waals surface area contributed by atoms with Gasteiger partial charge in [-0.25, -0.2) is 9.97 Å². The monoisotopic (exact) mass is 833 g/mol. The van der Waals surface area contributed by atoms with E-state index in [0.29, 0.717) is 48.8 Å². The molecule has 0 bridgehead atoms. The first-order valence-electron chi connectivity index (χ1n) is 21.6. The summed E-state index contributed by atoms with van der Waals surface area (Å²) < 4.78 is 14.4. The number of hydrogen-bond acceptors (Lipinski definition) is 14. The minimum Gasteiger partial charge on any atom is -0.497 e. The van der Waals surface area contributed by atoms with Gasteiger partial charge in [-0.05, 0) is 87.0 Å². The molecule has 3 atom stereocenters. The summed E-state index contributed by atoms with van der Waals surface area (Å²) >= 11 is 0. The number of anilines is 2. The lowest BCUT2D eigenvalue weighted by molar-refractivity contribution is 0.215. The highest BCUT2D eigenvalue weighted by atomic mass is 16.5. The normalized spacial score (nSPS) is 16.5. The zero-order valence-electron chi connectivity index (χ0n) is 37.2. The van der Waals surface area contributed by atoms with Crippen molar-refractivity contribution in [1.82, 2.24) is 60.0 Å². The molecule has 0 radical (unpaired) electrons. The molecule has 2 aliphatic rings. The number of benzene rings is 2. The fraction of sp³-hybridized carbons (Fsp3) is 0.511. The molecule has 2 aliphatic heterocycles. The highest BCUT2D eigenvalue weighted by Gasteiger charge is 2.22. The number of rotatable bonds is 17. The summed E-state index contributed by atoms with van der Waals surface area (Å²) in [6.45, 7) is 19.5. The van der Waals surface area contributed by atoms with E-state index < -0.39 is 0 Å². The third-order valence-electron chi connectivity index (χ3n) is 11.5. The van der Waals surface area contributed by atoms with Gasteiger partial charge in [-0.2, -0.15) is 29.2 Å². The Balaban J connectivity index is 0.000000184. The maximum absolute atomic E-state index is 5.38. The fourth-order valence-electron chi connectivity index (χ4n) is 7.69. The zero-order chi connectivity index (χ0) is 43.0. The van der Waals surface area contributed by atoms with Crippen LogP contribution in [-0.4, -0.2) is 104 Å². The number of methoxy groups -OCH3 is 2. The van der Waals surface area contributed by atoms with Crippen LogP contribution in [0.2, 0.25) is 0 Å². The molecule has 5 N–H and O–H groups in total. The molecule has 0 aliphatic carbocycles. The van der Waals surface area contributed by atoms with Crippen molar-refractivity contribution < 1.29 is 9.47 Å². The van der Waals surface area contributed by atoms with E-state index in [1.54, 1.807) is 14.2 Å². The predicted octanol–water partition coefficient (Wildman–Crippen LogP) is 5.96. The Hall–Kier alpha value is -5.42. The van der Waals surface area contributed by atoms with Crippen molar-refractivity contribution >= 4 is 23.2 Å². The Morgan fingerprint density at radius 3 is 1.74 bits per heavy atom. The Morgan fingerprint density at radius 2 is 1.26 bits per heavy atom. The van der Waals surface area contributed by atoms with E-state index in [1.165, 1.54) is 0 Å². The molecule has 2 fully saturated rings. The number of nitrogens with zero attached hydrogens (tertiary/aromatic N) is 9. The van der Waals surface area contributed by atoms with Crippen molar-refractivity contribution in [2.45, 2.75) is 91.0 Å². The SMILES string of the molecule is COc1cccc(C(C)Nc2nc(CN(C)CC3CNC3)nc3c(C(C)C)cnn23)c1.COc1cccc([C@H](C)Nc2nc(CNC3CCNC3)nc3c(C(C)C)cnn23)c1. The predicted molar refractivity (Wildman–Crippen MR) is 241 cm³/mol. The van der Waals surface area contributed by atoms with E-state index in [1.807, 2.05) is 57.8 Å². The van der Waals surface area contributed by atoms with E-state index in [9.17, 15) is 0 Å². The summed E-state index contributed by atoms with van der Waals surface area (Å²) in [4.78, 5) is 21.7. The van der Waals surface area contributed by atoms with E-state index in [2.05, 4.69) is 102 Å². The standard InChI is InChI=1S/C23H33N7O.C22H31N7O/c1-15(2)20-12-25-30-22(20)27-21(14-29(4)13-17-10-24-11-17)28-23(30)26-16(3)18-7-6-8-19(9-18)31-5;1-14(2)19-12-25-29-21(19)27-20(13-24-17-8-9-23-11-17)28-22(29)26-15(3)16-6-5-7-18(10-16)30-4/h6-9,12,15-17,24H,10-11,13-14H2,1-5H3,(H,26,27,28);5-7,10,12,14-15,17,23-24H,8-9,11,13H2,1-4H3,(H,26,27,28)/t;15-,17?/m.0/s1. The third kappa shape index (κ3) is 10.7. The van der Waals surface area contributed by atoms with Gasteiger partial charge in [0.15, 0.2) is 11.3 Å². The maximum Gasteiger partial charge on any atom is 0.228 e. The molecular formula is C45H64N14O2. The molecule has 16 nitrogen and oxygen atoms in total. The molecule has 2 aromatic carbocycles. The summed E-state index contributed by atoms with van der Waals surface area (Å²) in [5, 5.41) is 26.5. The molecular weight excluding hydrogens is 769 g/mol. The van der Waals surface area contributed by atoms with Gasteiger partial charge in [-0.1, -0.05) is 52.0 Å². The van der Waals surface area contributed by atoms with Gasteiger partial charge in [-0.15, -0.1) is 0 Å². The average molecular weight is 833 g/mol. The van der Waals surface area contributed by atoms with Crippen molar-refractivity contribution in [2.75, 3.05) is 64.6 Å². The molecule has 4 aromatic heterocycles. The summed E-state index contributed by atoms with van der Waals surface area (Å²) in [7, 11) is 5.50. The summed E-state index contributed by atoms with van der Waals surface area (Å²) in [5.41, 5.74) is 6.23. The molecule has 61 heavy (non-hydrogen) atoms. The van der Waals surface area contributed by atoms with Crippen LogP contribution in [0.3, 0.4) is 0 Å². The largest absolute Gasteiger partial charge is 0.497 e. The second-order valence-corrected chi connectivity index (χ2v) is 17.0. The molecule has 0 spiro atoms. The van der Waals surface area contributed by atoms with E-state index in [0.717, 1.165) is 95.8 Å². The molecule has 16 heteroatoms. The van der Waals surface area contributed by atoms with Crippen LogP contribution in [0.5, 0.6) is 11.5 Å². The second kappa shape index (κ2) is 20.0. The molecule has 0 amide bonds. The summed E-state index contributed by atoms with van der Waals surface area (Å²) in [6.07, 6.45) is 4.93. The van der Waals surface area contributed by atoms with E-state index >= 15 is 0 Å². The van der Waals surface area contributed by atoms with Crippen LogP contribution >= 0.6 is 0 Å². The first-order chi connectivity index (χ1) is 29.5. The van der Waals surface area contributed by atoms with Crippen molar-refractivity contribution in [2.24, 2.45) is 5.92 Å². The van der Waals surface area contributed by atoms with Crippen LogP contribution in [0.4, 0.5) is 11.9 Å². The van der Waals surface area contributed by atoms with Crippen LogP contribution in [-0.2, 0) is 13.1 Å². The van der Waals surface area contributed by atoms with Crippen molar-refractivity contribution in [3.63, 3.8) is 0 Å². The molecule has 0 saturated carbocycles. The first kappa shape index (κ1) is 43.7. The van der Waals surface area contributed by atoms with Crippen LogP contribution < -0.4 is 36.1 Å². The Bertz CT molecular complexity index is 2350. The molecule has 6 heterocycles. The van der Waals surface area contributed by atoms with Gasteiger partial charge in [-0.3, -0.25) is 4.90 Å². The van der Waals surface area contributed by atoms with Crippen LogP contribution in [0, 0.1) is 5.92 Å². The molecule has 2 saturated heterocycles. The molecule has 8 rings (SSSR count). The quantitative estimate of drug-likeness (QED) is 0.0730. The van der Waals surface area contributed by atoms with Crippen LogP contribution in [0.1, 0.15) is 106 Å². The van der Waals surface area contributed by atoms with E-state index in [-0.39, 0.29) is 12.1 Å². The summed E-state index contributed by atoms with van der Waals surface area (Å²) in [6, 6.07) is 16.7. The summed E-state index contributed by atoms with van der Waals surface area (Å²) in [5.74, 6) is 6.05. The third-order valence-corrected chi connectivity index (χ3v) is 11.5. The van der Waals surface area contributed by atoms with Gasteiger partial charge in [0.1, 0.15) is 23.1 Å². The minimum atomic E-state index is 0.0322. The Kier molecular flexibility index (Phi) is 14.3. The fourth-order valence-corrected chi connectivity index (χ4v) is 7.69. The zero-order valence-corrected chi connectivity index (χ0v) is 37.2. The number of ether oxygens (including phenoxy) is 2. The Morgan fingerprint density at radius 1 is 0.721 bits per heavy atom. The first-order valence-corrected chi connectivity index (χ1v) is 21.6. The van der Waals surface area contributed by atoms with Gasteiger partial charge in [0.25, 0.3) is 0 Å². The lowest BCUT2D eigenvalue weighted by atomic mass is 10.0. The van der Waals surface area contributed by atoms with Gasteiger partial charge >= 0.3 is 0 Å². The van der Waals surface area contributed by atoms with Crippen molar-refractivity contribution in [1.29, 1.82) is 0 Å². The van der Waals surface area contributed by atoms with Gasteiger partial charge < -0.3 is 36.1 Å². The average Bonchev–Trinajstić information content (AvgIpc) is 4.03. The van der Waals surface area contributed by atoms with Crippen molar-refractivity contribution in [3.05, 3.63) is 94.8 Å². The van der Waals surface area contributed by atoms with Crippen molar-refractivity contribution in [3.8, 4) is 11.5 Å². The van der Waals surface area contributed by atoms with Gasteiger partial charge in [0.05, 0.1) is 51.8 Å². The lowest BCUT2D eigenvalue weighted by Gasteiger charge is -2.31. The smallest absolute Gasteiger partial charge is 0.228 e. The van der Waals surface area contributed by atoms with Crippen LogP contribution in [0.15, 0.2) is 60.9 Å². The number of nitrogens with one attached hydrogen (secondary N) is 5. The highest BCUT2D eigenvalue weighted by Crippen LogP contribution is 2.27. The molecule has 2 unspecified atom stereocenters. The van der Waals surface area contributed by atoms with Gasteiger partial charge in [0, 0.05) is 43.3 Å². The highest BCUT2D eigenvalue weighted by molar-refractivity contribution is 5.54. The number of fused-ring (bicyclic) bond motifs is 2. The van der Waals surface area contributed by atoms with Crippen LogP contribution in [0.25, 0.3) is 11.3 Å². The molecule has 326 valence electrons. The topological polar surface area (TPSA) is 168 Å².